The summed E-state index contributed by atoms with van der Waals surface area (Å²) >= 11 is 0. The van der Waals surface area contributed by atoms with Gasteiger partial charge in [-0.05, 0) is 6.92 Å². The Morgan fingerprint density at radius 2 is 1.89 bits per heavy atom. The summed E-state index contributed by atoms with van der Waals surface area (Å²) in [5, 5.41) is 13.3. The van der Waals surface area contributed by atoms with Crippen molar-refractivity contribution in [1.29, 1.82) is 0 Å². The van der Waals surface area contributed by atoms with Gasteiger partial charge in [-0.2, -0.15) is 5.10 Å². The van der Waals surface area contributed by atoms with Crippen LogP contribution in [-0.4, -0.2) is 41.6 Å². The molecule has 0 aliphatic heterocycles. The smallest absolute Gasteiger partial charge is 0.241 e. The van der Waals surface area contributed by atoms with E-state index in [9.17, 15) is 4.79 Å². The van der Waals surface area contributed by atoms with Crippen LogP contribution in [0, 0.1) is 6.92 Å². The summed E-state index contributed by atoms with van der Waals surface area (Å²) in [4.78, 5) is 13.1. The van der Waals surface area contributed by atoms with Crippen LogP contribution in [-0.2, 0) is 4.79 Å². The van der Waals surface area contributed by atoms with Gasteiger partial charge in [-0.1, -0.05) is 24.3 Å². The molecule has 1 aromatic heterocycles. The Balaban J connectivity index is 2.29. The number of aromatic nitrogens is 2. The SMILES string of the molecule is Cc1nnc(NCC(=O)N(C)C)c2ccccc12. The molecule has 94 valence electrons. The van der Waals surface area contributed by atoms with Crippen LogP contribution in [0.15, 0.2) is 24.3 Å². The first-order chi connectivity index (χ1) is 8.59. The van der Waals surface area contributed by atoms with E-state index in [0.29, 0.717) is 5.82 Å². The van der Waals surface area contributed by atoms with Crippen LogP contribution >= 0.6 is 0 Å². The fourth-order valence-electron chi connectivity index (χ4n) is 1.69. The van der Waals surface area contributed by atoms with E-state index in [2.05, 4.69) is 15.5 Å². The van der Waals surface area contributed by atoms with E-state index in [4.69, 9.17) is 0 Å². The van der Waals surface area contributed by atoms with Crippen molar-refractivity contribution in [1.82, 2.24) is 15.1 Å². The molecule has 0 bridgehead atoms. The van der Waals surface area contributed by atoms with Crippen LogP contribution in [0.4, 0.5) is 5.82 Å². The quantitative estimate of drug-likeness (QED) is 0.887. The van der Waals surface area contributed by atoms with Gasteiger partial charge in [0.2, 0.25) is 5.91 Å². The zero-order chi connectivity index (χ0) is 13.1. The summed E-state index contributed by atoms with van der Waals surface area (Å²) in [6, 6.07) is 7.88. The molecular weight excluding hydrogens is 228 g/mol. The Labute approximate surface area is 106 Å². The first-order valence-electron chi connectivity index (χ1n) is 5.75. The minimum Gasteiger partial charge on any atom is -0.359 e. The second kappa shape index (κ2) is 5.00. The van der Waals surface area contributed by atoms with E-state index in [1.165, 1.54) is 4.90 Å². The van der Waals surface area contributed by atoms with Crippen LogP contribution in [0.1, 0.15) is 5.69 Å². The molecule has 18 heavy (non-hydrogen) atoms. The highest BCUT2D eigenvalue weighted by Crippen LogP contribution is 2.21. The van der Waals surface area contributed by atoms with Crippen molar-refractivity contribution in [2.75, 3.05) is 26.0 Å². The third-order valence-corrected chi connectivity index (χ3v) is 2.78. The van der Waals surface area contributed by atoms with Crippen LogP contribution in [0.3, 0.4) is 0 Å². The summed E-state index contributed by atoms with van der Waals surface area (Å²) in [6.45, 7) is 2.14. The van der Waals surface area contributed by atoms with Crippen molar-refractivity contribution in [3.05, 3.63) is 30.0 Å². The number of hydrogen-bond donors (Lipinski definition) is 1. The fourth-order valence-corrected chi connectivity index (χ4v) is 1.69. The first-order valence-corrected chi connectivity index (χ1v) is 5.75. The van der Waals surface area contributed by atoms with Gasteiger partial charge < -0.3 is 10.2 Å². The molecule has 5 heteroatoms. The minimum atomic E-state index is 0.00135. The van der Waals surface area contributed by atoms with E-state index in [0.717, 1.165) is 16.5 Å². The van der Waals surface area contributed by atoms with Gasteiger partial charge in [0.15, 0.2) is 5.82 Å². The lowest BCUT2D eigenvalue weighted by molar-refractivity contribution is -0.126. The Bertz CT molecular complexity index is 580. The lowest BCUT2D eigenvalue weighted by Gasteiger charge is -2.12. The number of carbonyl (C=O) groups excluding carboxylic acids is 1. The third kappa shape index (κ3) is 2.40. The zero-order valence-electron chi connectivity index (χ0n) is 10.8. The summed E-state index contributed by atoms with van der Waals surface area (Å²) in [6.07, 6.45) is 0. The number of likely N-dealkylation sites (N-methyl/N-ethyl adjacent to an activating group) is 1. The van der Waals surface area contributed by atoms with Gasteiger partial charge >= 0.3 is 0 Å². The molecule has 0 aliphatic carbocycles. The van der Waals surface area contributed by atoms with Gasteiger partial charge in [-0.25, -0.2) is 0 Å². The predicted octanol–water partition coefficient (Wildman–Crippen LogP) is 1.44. The molecule has 1 heterocycles. The highest BCUT2D eigenvalue weighted by atomic mass is 16.2. The van der Waals surface area contributed by atoms with Gasteiger partial charge in [0, 0.05) is 24.9 Å². The van der Waals surface area contributed by atoms with Gasteiger partial charge in [0.25, 0.3) is 0 Å². The van der Waals surface area contributed by atoms with Crippen LogP contribution in [0.25, 0.3) is 10.8 Å². The first kappa shape index (κ1) is 12.3. The Hall–Kier alpha value is -2.17. The number of amides is 1. The van der Waals surface area contributed by atoms with Crippen molar-refractivity contribution < 1.29 is 4.79 Å². The summed E-state index contributed by atoms with van der Waals surface area (Å²) in [5.41, 5.74) is 0.884. The maximum Gasteiger partial charge on any atom is 0.241 e. The molecule has 0 atom stereocenters. The number of anilines is 1. The molecule has 0 radical (unpaired) electrons. The number of aryl methyl sites for hydroxylation is 1. The molecule has 0 saturated heterocycles. The van der Waals surface area contributed by atoms with E-state index >= 15 is 0 Å². The van der Waals surface area contributed by atoms with Gasteiger partial charge in [-0.15, -0.1) is 5.10 Å². The average molecular weight is 244 g/mol. The van der Waals surface area contributed by atoms with Crippen LogP contribution in [0.2, 0.25) is 0 Å². The molecule has 0 fully saturated rings. The van der Waals surface area contributed by atoms with E-state index in [-0.39, 0.29) is 12.5 Å². The molecule has 2 aromatic rings. The monoisotopic (exact) mass is 244 g/mol. The Kier molecular flexibility index (Phi) is 3.41. The molecule has 0 aliphatic rings. The Morgan fingerprint density at radius 3 is 2.56 bits per heavy atom. The lowest BCUT2D eigenvalue weighted by atomic mass is 10.1. The number of fused-ring (bicyclic) bond motifs is 1. The predicted molar refractivity (Wildman–Crippen MR) is 71.5 cm³/mol. The largest absolute Gasteiger partial charge is 0.359 e. The summed E-state index contributed by atoms with van der Waals surface area (Å²) in [5.74, 6) is 0.646. The molecular formula is C13H16N4O. The Morgan fingerprint density at radius 1 is 1.22 bits per heavy atom. The molecule has 1 N–H and O–H groups in total. The number of nitrogens with zero attached hydrogens (tertiary/aromatic N) is 3. The summed E-state index contributed by atoms with van der Waals surface area (Å²) < 4.78 is 0. The fraction of sp³-hybridized carbons (Fsp3) is 0.308. The molecule has 0 spiro atoms. The zero-order valence-corrected chi connectivity index (χ0v) is 10.8. The van der Waals surface area contributed by atoms with Gasteiger partial charge in [0.1, 0.15) is 0 Å². The van der Waals surface area contributed by atoms with Crippen molar-refractivity contribution in [3.8, 4) is 0 Å². The van der Waals surface area contributed by atoms with Gasteiger partial charge in [0.05, 0.1) is 12.2 Å². The van der Waals surface area contributed by atoms with Crippen molar-refractivity contribution in [2.24, 2.45) is 0 Å². The van der Waals surface area contributed by atoms with Crippen LogP contribution in [0.5, 0.6) is 0 Å². The van der Waals surface area contributed by atoms with Crippen LogP contribution < -0.4 is 5.32 Å². The summed E-state index contributed by atoms with van der Waals surface area (Å²) in [7, 11) is 3.45. The van der Waals surface area contributed by atoms with E-state index < -0.39 is 0 Å². The molecule has 5 nitrogen and oxygen atoms in total. The number of carbonyl (C=O) groups is 1. The maximum absolute atomic E-state index is 11.5. The number of hydrogen-bond acceptors (Lipinski definition) is 4. The number of rotatable bonds is 3. The number of nitrogens with one attached hydrogen (secondary N) is 1. The highest BCUT2D eigenvalue weighted by Gasteiger charge is 2.08. The van der Waals surface area contributed by atoms with E-state index in [1.807, 2.05) is 31.2 Å². The molecule has 1 aromatic carbocycles. The van der Waals surface area contributed by atoms with Crippen molar-refractivity contribution in [3.63, 3.8) is 0 Å². The molecule has 2 rings (SSSR count). The maximum atomic E-state index is 11.5. The second-order valence-electron chi connectivity index (χ2n) is 4.32. The molecule has 1 amide bonds. The molecule has 0 unspecified atom stereocenters. The normalized spacial score (nSPS) is 10.4. The van der Waals surface area contributed by atoms with Crippen molar-refractivity contribution in [2.45, 2.75) is 6.92 Å². The molecule has 0 saturated carbocycles. The standard InChI is InChI=1S/C13H16N4O/c1-9-10-6-4-5-7-11(10)13(16-15-9)14-8-12(18)17(2)3/h4-7H,8H2,1-3H3,(H,14,16). The van der Waals surface area contributed by atoms with Gasteiger partial charge in [-0.3, -0.25) is 4.79 Å². The highest BCUT2D eigenvalue weighted by molar-refractivity contribution is 5.94. The average Bonchev–Trinajstić information content (AvgIpc) is 2.38. The topological polar surface area (TPSA) is 58.1 Å². The third-order valence-electron chi connectivity index (χ3n) is 2.78. The number of benzene rings is 1. The lowest BCUT2D eigenvalue weighted by Crippen LogP contribution is -2.28. The second-order valence-corrected chi connectivity index (χ2v) is 4.32. The minimum absolute atomic E-state index is 0.00135. The van der Waals surface area contributed by atoms with E-state index in [1.54, 1.807) is 14.1 Å². The van der Waals surface area contributed by atoms with Crippen molar-refractivity contribution >= 4 is 22.5 Å².